The van der Waals surface area contributed by atoms with E-state index in [0.29, 0.717) is 15.8 Å². The zero-order chi connectivity index (χ0) is 22.4. The molecule has 9 heteroatoms. The van der Waals surface area contributed by atoms with Crippen molar-refractivity contribution in [1.29, 1.82) is 0 Å². The molecule has 1 N–H and O–H groups in total. The van der Waals surface area contributed by atoms with E-state index in [4.69, 9.17) is 9.05 Å². The number of nitro groups is 1. The van der Waals surface area contributed by atoms with Gasteiger partial charge >= 0.3 is 7.60 Å². The Bertz CT molecular complexity index is 1100. The maximum atomic E-state index is 13.9. The molecule has 7 nitrogen and oxygen atoms in total. The Kier molecular flexibility index (Phi) is 5.87. The second-order valence-corrected chi connectivity index (χ2v) is 11.7. The Balaban J connectivity index is 1.84. The Morgan fingerprint density at radius 2 is 1.84 bits per heavy atom. The predicted molar refractivity (Wildman–Crippen MR) is 120 cm³/mol. The van der Waals surface area contributed by atoms with Gasteiger partial charge in [-0.1, -0.05) is 43.3 Å². The van der Waals surface area contributed by atoms with Gasteiger partial charge in [0.05, 0.1) is 29.6 Å². The van der Waals surface area contributed by atoms with Gasteiger partial charge in [-0.3, -0.25) is 14.7 Å². The molecule has 2 aliphatic heterocycles. The first kappa shape index (κ1) is 22.2. The fraction of sp³-hybridized carbons (Fsp3) is 0.364. The van der Waals surface area contributed by atoms with Crippen molar-refractivity contribution >= 4 is 30.4 Å². The van der Waals surface area contributed by atoms with E-state index in [2.05, 4.69) is 0 Å². The monoisotopic (exact) mass is 461 g/mol. The minimum absolute atomic E-state index is 0.0600. The van der Waals surface area contributed by atoms with Gasteiger partial charge in [-0.2, -0.15) is 0 Å². The summed E-state index contributed by atoms with van der Waals surface area (Å²) in [6, 6.07) is 11.7. The van der Waals surface area contributed by atoms with Crippen molar-refractivity contribution in [2.75, 3.05) is 13.2 Å². The first-order valence-corrected chi connectivity index (χ1v) is 12.3. The molecular weight excluding hydrogens is 437 g/mol. The number of rotatable bonds is 3. The molecule has 1 saturated heterocycles. The molecule has 0 amide bonds. The van der Waals surface area contributed by atoms with Crippen molar-refractivity contribution in [1.82, 2.24) is 0 Å². The van der Waals surface area contributed by atoms with Crippen LogP contribution in [0.4, 0.5) is 5.69 Å². The lowest BCUT2D eigenvalue weighted by molar-refractivity contribution is -0.384. The first-order chi connectivity index (χ1) is 14.6. The van der Waals surface area contributed by atoms with E-state index in [1.54, 1.807) is 12.1 Å². The summed E-state index contributed by atoms with van der Waals surface area (Å²) < 4.78 is 25.5. The number of non-ortho nitro benzene ring substituents is 1. The van der Waals surface area contributed by atoms with E-state index < -0.39 is 18.6 Å². The minimum atomic E-state index is -3.70. The summed E-state index contributed by atoms with van der Waals surface area (Å²) in [5, 5.41) is 22.3. The lowest BCUT2D eigenvalue weighted by Crippen LogP contribution is -2.29. The molecular formula is C22H24NO6PS. The van der Waals surface area contributed by atoms with Gasteiger partial charge in [-0.25, -0.2) is 0 Å². The van der Waals surface area contributed by atoms with Crippen molar-refractivity contribution in [3.05, 3.63) is 74.2 Å². The lowest BCUT2D eigenvalue weighted by Gasteiger charge is -2.36. The number of thioether (sulfide) groups is 1. The van der Waals surface area contributed by atoms with E-state index >= 15 is 0 Å². The van der Waals surface area contributed by atoms with Gasteiger partial charge in [0.15, 0.2) is 0 Å². The highest BCUT2D eigenvalue weighted by Gasteiger charge is 2.43. The smallest absolute Gasteiger partial charge is 0.362 e. The normalized spacial score (nSPS) is 23.7. The quantitative estimate of drug-likeness (QED) is 0.337. The molecule has 0 aliphatic carbocycles. The van der Waals surface area contributed by atoms with Crippen LogP contribution in [0.15, 0.2) is 52.3 Å². The summed E-state index contributed by atoms with van der Waals surface area (Å²) in [5.41, 5.74) is 2.08. The van der Waals surface area contributed by atoms with Crippen molar-refractivity contribution < 1.29 is 23.6 Å². The number of hydrogen-bond acceptors (Lipinski definition) is 7. The molecule has 1 atom stereocenters. The number of benzene rings is 2. The highest BCUT2D eigenvalue weighted by atomic mass is 32.2. The van der Waals surface area contributed by atoms with Gasteiger partial charge in [0.2, 0.25) is 0 Å². The number of aliphatic hydroxyl groups is 1. The van der Waals surface area contributed by atoms with Crippen molar-refractivity contribution in [3.63, 3.8) is 0 Å². The average molecular weight is 461 g/mol. The standard InChI is InChI=1S/C22H24NO6PS/c1-14-4-9-19-17(10-14)18(24)11-20(31-19)21(15-5-7-16(8-6-15)23(25)26)30(27)28-12-22(2,3)13-29-30/h4-10,18,24H,11-13H2,1-3H3/b21-20+. The maximum Gasteiger partial charge on any atom is 0.362 e. The van der Waals surface area contributed by atoms with E-state index in [0.717, 1.165) is 16.0 Å². The van der Waals surface area contributed by atoms with Gasteiger partial charge in [-0.15, -0.1) is 0 Å². The topological polar surface area (TPSA) is 98.9 Å². The third-order valence-electron chi connectivity index (χ3n) is 5.28. The summed E-state index contributed by atoms with van der Waals surface area (Å²) in [4.78, 5) is 12.2. The Labute approximate surface area is 185 Å². The van der Waals surface area contributed by atoms with Gasteiger partial charge in [0.25, 0.3) is 5.69 Å². The first-order valence-electron chi connectivity index (χ1n) is 9.92. The third kappa shape index (κ3) is 4.49. The van der Waals surface area contributed by atoms with Crippen LogP contribution in [0.1, 0.15) is 43.1 Å². The molecule has 0 aromatic heterocycles. The van der Waals surface area contributed by atoms with Crippen LogP contribution < -0.4 is 0 Å². The highest BCUT2D eigenvalue weighted by Crippen LogP contribution is 2.67. The largest absolute Gasteiger partial charge is 0.388 e. The van der Waals surface area contributed by atoms with Gasteiger partial charge in [-0.05, 0) is 36.2 Å². The van der Waals surface area contributed by atoms with Crippen LogP contribution in [0.5, 0.6) is 0 Å². The highest BCUT2D eigenvalue weighted by molar-refractivity contribution is 8.03. The average Bonchev–Trinajstić information content (AvgIpc) is 2.72. The van der Waals surface area contributed by atoms with Crippen LogP contribution >= 0.6 is 19.4 Å². The van der Waals surface area contributed by atoms with Crippen LogP contribution in [0.3, 0.4) is 0 Å². The zero-order valence-electron chi connectivity index (χ0n) is 17.5. The van der Waals surface area contributed by atoms with Crippen molar-refractivity contribution in [2.24, 2.45) is 5.41 Å². The van der Waals surface area contributed by atoms with E-state index in [9.17, 15) is 19.8 Å². The number of fused-ring (bicyclic) bond motifs is 1. The third-order valence-corrected chi connectivity index (χ3v) is 8.65. The molecule has 0 bridgehead atoms. The molecule has 1 fully saturated rings. The molecule has 4 rings (SSSR count). The van der Waals surface area contributed by atoms with Crippen molar-refractivity contribution in [2.45, 2.75) is 38.2 Å². The van der Waals surface area contributed by atoms with Crippen molar-refractivity contribution in [3.8, 4) is 0 Å². The maximum absolute atomic E-state index is 13.9. The zero-order valence-corrected chi connectivity index (χ0v) is 19.2. The van der Waals surface area contributed by atoms with E-state index in [1.807, 2.05) is 39.0 Å². The number of aryl methyl sites for hydroxylation is 1. The summed E-state index contributed by atoms with van der Waals surface area (Å²) >= 11 is 1.43. The van der Waals surface area contributed by atoms with Crippen LogP contribution in [0.2, 0.25) is 0 Å². The Hall–Kier alpha value is -1.96. The molecule has 2 aliphatic rings. The van der Waals surface area contributed by atoms with E-state index in [-0.39, 0.29) is 30.7 Å². The Morgan fingerprint density at radius 3 is 2.45 bits per heavy atom. The van der Waals surface area contributed by atoms with Gasteiger partial charge < -0.3 is 14.2 Å². The fourth-order valence-corrected chi connectivity index (χ4v) is 7.44. The molecule has 2 aromatic rings. The van der Waals surface area contributed by atoms with Crippen LogP contribution in [-0.4, -0.2) is 23.2 Å². The Morgan fingerprint density at radius 1 is 1.19 bits per heavy atom. The second-order valence-electron chi connectivity index (χ2n) is 8.65. The summed E-state index contributed by atoms with van der Waals surface area (Å²) in [7, 11) is -3.70. The molecule has 2 aromatic carbocycles. The molecule has 164 valence electrons. The number of aliphatic hydroxyl groups excluding tert-OH is 1. The number of hydrogen-bond donors (Lipinski definition) is 1. The molecule has 31 heavy (non-hydrogen) atoms. The summed E-state index contributed by atoms with van der Waals surface area (Å²) in [6.07, 6.45) is -0.500. The van der Waals surface area contributed by atoms with Crippen LogP contribution in [-0.2, 0) is 13.6 Å². The summed E-state index contributed by atoms with van der Waals surface area (Å²) in [5.74, 6) is 0. The predicted octanol–water partition coefficient (Wildman–Crippen LogP) is 6.07. The fourth-order valence-electron chi connectivity index (χ4n) is 3.57. The molecule has 1 unspecified atom stereocenters. The molecule has 2 heterocycles. The minimum Gasteiger partial charge on any atom is -0.388 e. The van der Waals surface area contributed by atoms with Gasteiger partial charge in [0.1, 0.15) is 0 Å². The number of nitro benzene ring substituents is 1. The van der Waals surface area contributed by atoms with E-state index in [1.165, 1.54) is 23.9 Å². The lowest BCUT2D eigenvalue weighted by atomic mass is 9.97. The molecule has 0 radical (unpaired) electrons. The van der Waals surface area contributed by atoms with Crippen LogP contribution in [0.25, 0.3) is 5.31 Å². The molecule has 0 saturated carbocycles. The van der Waals surface area contributed by atoms with Gasteiger partial charge in [0, 0.05) is 33.8 Å². The molecule has 0 spiro atoms. The number of nitrogens with zero attached hydrogens (tertiary/aromatic N) is 1. The van der Waals surface area contributed by atoms with Crippen LogP contribution in [0, 0.1) is 22.5 Å². The SMILES string of the molecule is Cc1ccc2c(c1)C(O)C/C(=C(/c1ccc([N+](=O)[O-])cc1)P1(=O)OCC(C)(C)CO1)S2. The summed E-state index contributed by atoms with van der Waals surface area (Å²) in [6.45, 7) is 6.42. The second kappa shape index (κ2) is 8.19.